The summed E-state index contributed by atoms with van der Waals surface area (Å²) in [5.41, 5.74) is 3.79. The van der Waals surface area contributed by atoms with Crippen molar-refractivity contribution in [3.63, 3.8) is 0 Å². The highest BCUT2D eigenvalue weighted by Crippen LogP contribution is 2.28. The Morgan fingerprint density at radius 2 is 1.68 bits per heavy atom. The molecule has 128 valence electrons. The Labute approximate surface area is 155 Å². The normalized spacial score (nSPS) is 10.4. The Morgan fingerprint density at radius 3 is 2.40 bits per heavy atom. The number of anilines is 4. The third kappa shape index (κ3) is 4.48. The molecule has 0 spiro atoms. The number of methoxy groups -OCH3 is 1. The second kappa shape index (κ2) is 7.53. The lowest BCUT2D eigenvalue weighted by atomic mass is 10.2. The highest BCUT2D eigenvalue weighted by atomic mass is 79.9. The van der Waals surface area contributed by atoms with Crippen molar-refractivity contribution in [2.75, 3.05) is 17.7 Å². The molecule has 6 heteroatoms. The summed E-state index contributed by atoms with van der Waals surface area (Å²) in [6, 6.07) is 15.8. The Hall–Kier alpha value is -2.60. The molecule has 1 heterocycles. The van der Waals surface area contributed by atoms with Crippen LogP contribution in [0.1, 0.15) is 11.3 Å². The third-order valence-electron chi connectivity index (χ3n) is 3.57. The topological polar surface area (TPSA) is 59.1 Å². The van der Waals surface area contributed by atoms with Crippen molar-refractivity contribution < 1.29 is 4.74 Å². The van der Waals surface area contributed by atoms with Crippen molar-refractivity contribution in [1.29, 1.82) is 0 Å². The van der Waals surface area contributed by atoms with Gasteiger partial charge in [0.15, 0.2) is 0 Å². The molecular formula is C19H19BrN4O. The van der Waals surface area contributed by atoms with E-state index < -0.39 is 0 Å². The molecule has 0 amide bonds. The third-order valence-corrected chi connectivity index (χ3v) is 4.10. The molecule has 0 atom stereocenters. The summed E-state index contributed by atoms with van der Waals surface area (Å²) in [5, 5.41) is 6.54. The Bertz CT molecular complexity index is 881. The molecule has 2 N–H and O–H groups in total. The van der Waals surface area contributed by atoms with Gasteiger partial charge in [0.2, 0.25) is 5.95 Å². The molecule has 3 rings (SSSR count). The number of halogens is 1. The lowest BCUT2D eigenvalue weighted by Gasteiger charge is -2.13. The number of rotatable bonds is 5. The number of nitrogens with zero attached hydrogens (tertiary/aromatic N) is 2. The van der Waals surface area contributed by atoms with Crippen LogP contribution < -0.4 is 15.4 Å². The molecule has 5 nitrogen and oxygen atoms in total. The smallest absolute Gasteiger partial charge is 0.229 e. The summed E-state index contributed by atoms with van der Waals surface area (Å²) in [4.78, 5) is 9.02. The maximum Gasteiger partial charge on any atom is 0.229 e. The van der Waals surface area contributed by atoms with E-state index in [1.807, 2.05) is 62.4 Å². The summed E-state index contributed by atoms with van der Waals surface area (Å²) in [6.45, 7) is 3.97. The number of hydrogen-bond acceptors (Lipinski definition) is 5. The van der Waals surface area contributed by atoms with E-state index in [1.54, 1.807) is 7.11 Å². The second-order valence-electron chi connectivity index (χ2n) is 5.68. The van der Waals surface area contributed by atoms with E-state index in [0.29, 0.717) is 5.95 Å². The van der Waals surface area contributed by atoms with E-state index in [4.69, 9.17) is 4.74 Å². The number of aryl methyl sites for hydroxylation is 2. The van der Waals surface area contributed by atoms with Gasteiger partial charge in [-0.05, 0) is 55.8 Å². The van der Waals surface area contributed by atoms with E-state index in [1.165, 1.54) is 0 Å². The van der Waals surface area contributed by atoms with Crippen LogP contribution in [0.15, 0.2) is 53.0 Å². The molecule has 1 aromatic heterocycles. The maximum atomic E-state index is 5.40. The minimum atomic E-state index is 0.517. The van der Waals surface area contributed by atoms with Crippen molar-refractivity contribution in [3.8, 4) is 5.75 Å². The molecule has 0 unspecified atom stereocenters. The van der Waals surface area contributed by atoms with Crippen LogP contribution in [-0.2, 0) is 0 Å². The fourth-order valence-electron chi connectivity index (χ4n) is 2.41. The molecule has 0 aliphatic rings. The monoisotopic (exact) mass is 398 g/mol. The zero-order chi connectivity index (χ0) is 17.8. The van der Waals surface area contributed by atoms with E-state index in [9.17, 15) is 0 Å². The van der Waals surface area contributed by atoms with Gasteiger partial charge in [-0.2, -0.15) is 4.98 Å². The summed E-state index contributed by atoms with van der Waals surface area (Å²) in [6.07, 6.45) is 0. The Morgan fingerprint density at radius 1 is 0.920 bits per heavy atom. The molecule has 3 aromatic rings. The van der Waals surface area contributed by atoms with E-state index in [-0.39, 0.29) is 0 Å². The lowest BCUT2D eigenvalue weighted by molar-refractivity contribution is 0.416. The lowest BCUT2D eigenvalue weighted by Crippen LogP contribution is -2.03. The first-order chi connectivity index (χ1) is 12.0. The standard InChI is InChI=1S/C19H19BrN4O/c1-12-4-9-17(25-3)16(10-12)23-19-21-13(2)11-18(24-19)22-15-7-5-14(20)6-8-15/h4-11H,1-3H3,(H2,21,22,23,24). The average molecular weight is 399 g/mol. The van der Waals surface area contributed by atoms with Crippen molar-refractivity contribution in [3.05, 3.63) is 64.3 Å². The second-order valence-corrected chi connectivity index (χ2v) is 6.59. The summed E-state index contributed by atoms with van der Waals surface area (Å²) in [5.74, 6) is 1.99. The van der Waals surface area contributed by atoms with Crippen molar-refractivity contribution in [2.24, 2.45) is 0 Å². The van der Waals surface area contributed by atoms with Crippen LogP contribution in [0.25, 0.3) is 0 Å². The van der Waals surface area contributed by atoms with E-state index >= 15 is 0 Å². The summed E-state index contributed by atoms with van der Waals surface area (Å²) in [7, 11) is 1.65. The minimum Gasteiger partial charge on any atom is -0.495 e. The predicted molar refractivity (Wildman–Crippen MR) is 105 cm³/mol. The molecule has 0 fully saturated rings. The molecule has 0 saturated carbocycles. The predicted octanol–water partition coefficient (Wildman–Crippen LogP) is 5.35. The van der Waals surface area contributed by atoms with Gasteiger partial charge >= 0.3 is 0 Å². The fourth-order valence-corrected chi connectivity index (χ4v) is 2.67. The first-order valence-electron chi connectivity index (χ1n) is 7.83. The van der Waals surface area contributed by atoms with Gasteiger partial charge in [0.05, 0.1) is 12.8 Å². The van der Waals surface area contributed by atoms with Gasteiger partial charge < -0.3 is 15.4 Å². The number of ether oxygens (including phenoxy) is 1. The van der Waals surface area contributed by atoms with E-state index in [2.05, 4.69) is 36.5 Å². The SMILES string of the molecule is COc1ccc(C)cc1Nc1nc(C)cc(Nc2ccc(Br)cc2)n1. The largest absolute Gasteiger partial charge is 0.495 e. The van der Waals surface area contributed by atoms with Gasteiger partial charge in [0.1, 0.15) is 11.6 Å². The van der Waals surface area contributed by atoms with E-state index in [0.717, 1.165) is 38.7 Å². The van der Waals surface area contributed by atoms with Crippen molar-refractivity contribution in [2.45, 2.75) is 13.8 Å². The van der Waals surface area contributed by atoms with Crippen LogP contribution in [0.2, 0.25) is 0 Å². The van der Waals surface area contributed by atoms with Crippen LogP contribution in [0.5, 0.6) is 5.75 Å². The first-order valence-corrected chi connectivity index (χ1v) is 8.63. The fraction of sp³-hybridized carbons (Fsp3) is 0.158. The zero-order valence-electron chi connectivity index (χ0n) is 14.3. The van der Waals surface area contributed by atoms with Crippen LogP contribution >= 0.6 is 15.9 Å². The van der Waals surface area contributed by atoms with Gasteiger partial charge in [-0.25, -0.2) is 4.98 Å². The Kier molecular flexibility index (Phi) is 5.19. The molecule has 0 saturated heterocycles. The quantitative estimate of drug-likeness (QED) is 0.606. The molecular weight excluding hydrogens is 380 g/mol. The molecule has 25 heavy (non-hydrogen) atoms. The van der Waals surface area contributed by atoms with Crippen molar-refractivity contribution >= 4 is 39.1 Å². The van der Waals surface area contributed by atoms with Gasteiger partial charge in [-0.3, -0.25) is 0 Å². The summed E-state index contributed by atoms with van der Waals surface area (Å²) >= 11 is 3.44. The van der Waals surface area contributed by atoms with Gasteiger partial charge in [0.25, 0.3) is 0 Å². The molecule has 0 radical (unpaired) electrons. The highest BCUT2D eigenvalue weighted by molar-refractivity contribution is 9.10. The molecule has 0 aliphatic carbocycles. The van der Waals surface area contributed by atoms with Crippen LogP contribution in [0.4, 0.5) is 23.1 Å². The molecule has 0 bridgehead atoms. The number of nitrogens with one attached hydrogen (secondary N) is 2. The number of benzene rings is 2. The Balaban J connectivity index is 1.87. The molecule has 0 aliphatic heterocycles. The number of aromatic nitrogens is 2. The highest BCUT2D eigenvalue weighted by Gasteiger charge is 2.08. The van der Waals surface area contributed by atoms with Crippen molar-refractivity contribution in [1.82, 2.24) is 9.97 Å². The minimum absolute atomic E-state index is 0.517. The number of hydrogen-bond donors (Lipinski definition) is 2. The van der Waals surface area contributed by atoms with Crippen LogP contribution in [0.3, 0.4) is 0 Å². The maximum absolute atomic E-state index is 5.40. The first kappa shape index (κ1) is 17.2. The summed E-state index contributed by atoms with van der Waals surface area (Å²) < 4.78 is 6.43. The zero-order valence-corrected chi connectivity index (χ0v) is 15.9. The van der Waals surface area contributed by atoms with Gasteiger partial charge in [-0.15, -0.1) is 0 Å². The average Bonchev–Trinajstić information content (AvgIpc) is 2.57. The van der Waals surface area contributed by atoms with Crippen LogP contribution in [-0.4, -0.2) is 17.1 Å². The van der Waals surface area contributed by atoms with Crippen LogP contribution in [0, 0.1) is 13.8 Å². The molecule has 2 aromatic carbocycles. The van der Waals surface area contributed by atoms with Gasteiger partial charge in [-0.1, -0.05) is 22.0 Å². The van der Waals surface area contributed by atoms with Gasteiger partial charge in [0, 0.05) is 21.9 Å².